The molecule has 4 aromatic rings. The first-order chi connectivity index (χ1) is 13.9. The Morgan fingerprint density at radius 3 is 2.55 bits per heavy atom. The van der Waals surface area contributed by atoms with Gasteiger partial charge in [0.2, 0.25) is 5.43 Å². The summed E-state index contributed by atoms with van der Waals surface area (Å²) in [7, 11) is 0. The number of ketones is 1. The smallest absolute Gasteiger partial charge is 0.200 e. The molecule has 0 amide bonds. The predicted molar refractivity (Wildman–Crippen MR) is 124 cm³/mol. The number of aromatic nitrogens is 2. The molecule has 0 N–H and O–H groups in total. The summed E-state index contributed by atoms with van der Waals surface area (Å²) in [5, 5.41) is 0.535. The van der Waals surface area contributed by atoms with Gasteiger partial charge >= 0.3 is 0 Å². The van der Waals surface area contributed by atoms with Crippen molar-refractivity contribution in [2.75, 3.05) is 0 Å². The van der Waals surface area contributed by atoms with Crippen molar-refractivity contribution >= 4 is 39.3 Å². The lowest BCUT2D eigenvalue weighted by atomic mass is 9.99. The van der Waals surface area contributed by atoms with Crippen LogP contribution in [0.25, 0.3) is 10.9 Å². The zero-order chi connectivity index (χ0) is 20.5. The first-order valence-electron chi connectivity index (χ1n) is 9.29. The highest BCUT2D eigenvalue weighted by Crippen LogP contribution is 2.18. The van der Waals surface area contributed by atoms with Gasteiger partial charge in [-0.3, -0.25) is 9.59 Å². The van der Waals surface area contributed by atoms with E-state index >= 15 is 0 Å². The van der Waals surface area contributed by atoms with Gasteiger partial charge in [0.25, 0.3) is 0 Å². The van der Waals surface area contributed by atoms with E-state index in [0.717, 1.165) is 26.0 Å². The fraction of sp³-hybridized carbons (Fsp3) is 0.125. The van der Waals surface area contributed by atoms with Crippen LogP contribution in [0.5, 0.6) is 0 Å². The predicted octanol–water partition coefficient (Wildman–Crippen LogP) is 4.90. The van der Waals surface area contributed by atoms with Gasteiger partial charge < -0.3 is 4.57 Å². The molecule has 0 fully saturated rings. The van der Waals surface area contributed by atoms with Crippen molar-refractivity contribution in [2.24, 2.45) is 0 Å². The van der Waals surface area contributed by atoms with Crippen LogP contribution in [0.3, 0.4) is 0 Å². The fourth-order valence-electron chi connectivity index (χ4n) is 3.39. The molecular formula is C24H19IN2O2. The quantitative estimate of drug-likeness (QED) is 0.231. The molecule has 0 atom stereocenters. The maximum atomic E-state index is 13.2. The molecule has 0 saturated carbocycles. The van der Waals surface area contributed by atoms with E-state index in [1.165, 1.54) is 0 Å². The van der Waals surface area contributed by atoms with Gasteiger partial charge in [-0.2, -0.15) is 0 Å². The number of hydrogen-bond acceptors (Lipinski definition) is 3. The van der Waals surface area contributed by atoms with Crippen LogP contribution in [0.15, 0.2) is 71.7 Å². The molecule has 0 aliphatic heterocycles. The lowest BCUT2D eigenvalue weighted by molar-refractivity contribution is 0.103. The second-order valence-corrected chi connectivity index (χ2v) is 8.20. The third kappa shape index (κ3) is 3.87. The van der Waals surface area contributed by atoms with Crippen LogP contribution in [0.1, 0.15) is 32.7 Å². The number of para-hydroxylation sites is 1. The average Bonchev–Trinajstić information content (AvgIpc) is 2.72. The molecule has 4 nitrogen and oxygen atoms in total. The maximum Gasteiger partial charge on any atom is 0.200 e. The molecule has 0 unspecified atom stereocenters. The summed E-state index contributed by atoms with van der Waals surface area (Å²) >= 11 is 2.18. The van der Waals surface area contributed by atoms with Crippen molar-refractivity contribution in [3.63, 3.8) is 0 Å². The van der Waals surface area contributed by atoms with Crippen molar-refractivity contribution in [3.8, 4) is 0 Å². The number of nitrogens with zero attached hydrogens (tertiary/aromatic N) is 2. The van der Waals surface area contributed by atoms with Crippen molar-refractivity contribution < 1.29 is 4.79 Å². The van der Waals surface area contributed by atoms with Crippen LogP contribution in [0.2, 0.25) is 0 Å². The van der Waals surface area contributed by atoms with Crippen molar-refractivity contribution in [3.05, 3.63) is 109 Å². The first kappa shape index (κ1) is 19.5. The monoisotopic (exact) mass is 494 g/mol. The molecule has 0 radical (unpaired) electrons. The Kier molecular flexibility index (Phi) is 5.32. The molecule has 5 heteroatoms. The van der Waals surface area contributed by atoms with Gasteiger partial charge in [0.05, 0.1) is 23.3 Å². The second kappa shape index (κ2) is 7.91. The summed E-state index contributed by atoms with van der Waals surface area (Å²) in [6, 6.07) is 18.8. The number of carbonyl (C=O) groups is 1. The minimum Gasteiger partial charge on any atom is -0.340 e. The summed E-state index contributed by atoms with van der Waals surface area (Å²) in [4.78, 5) is 30.9. The minimum atomic E-state index is -0.256. The van der Waals surface area contributed by atoms with Gasteiger partial charge in [-0.1, -0.05) is 30.3 Å². The third-order valence-electron chi connectivity index (χ3n) is 5.11. The SMILES string of the molecule is Cc1ccc(C(=O)c2cn(Cc3cccc(I)n3)c3ccccc3c2=O)cc1C. The molecule has 0 aliphatic carbocycles. The van der Waals surface area contributed by atoms with Crippen LogP contribution < -0.4 is 5.43 Å². The molecular weight excluding hydrogens is 475 g/mol. The van der Waals surface area contributed by atoms with E-state index in [-0.39, 0.29) is 16.8 Å². The van der Waals surface area contributed by atoms with Gasteiger partial charge in [-0.05, 0) is 77.9 Å². The van der Waals surface area contributed by atoms with Crippen LogP contribution in [-0.4, -0.2) is 15.3 Å². The van der Waals surface area contributed by atoms with Gasteiger partial charge in [-0.25, -0.2) is 4.98 Å². The summed E-state index contributed by atoms with van der Waals surface area (Å²) in [5.74, 6) is -0.256. The highest BCUT2D eigenvalue weighted by Gasteiger charge is 2.18. The first-order valence-corrected chi connectivity index (χ1v) is 10.4. The molecule has 29 heavy (non-hydrogen) atoms. The number of rotatable bonds is 4. The third-order valence-corrected chi connectivity index (χ3v) is 5.71. The molecule has 0 aliphatic rings. The van der Waals surface area contributed by atoms with E-state index in [1.807, 2.05) is 66.9 Å². The molecule has 144 valence electrons. The molecule has 4 rings (SSSR count). The summed E-state index contributed by atoms with van der Waals surface area (Å²) in [6.07, 6.45) is 1.67. The van der Waals surface area contributed by atoms with E-state index in [4.69, 9.17) is 0 Å². The van der Waals surface area contributed by atoms with E-state index in [9.17, 15) is 9.59 Å². The largest absolute Gasteiger partial charge is 0.340 e. The van der Waals surface area contributed by atoms with E-state index < -0.39 is 0 Å². The average molecular weight is 494 g/mol. The van der Waals surface area contributed by atoms with Gasteiger partial charge in [0.15, 0.2) is 5.78 Å². The molecule has 2 aromatic carbocycles. The molecule has 0 bridgehead atoms. The van der Waals surface area contributed by atoms with Gasteiger partial charge in [0.1, 0.15) is 3.70 Å². The van der Waals surface area contributed by atoms with E-state index in [2.05, 4.69) is 27.6 Å². The number of benzene rings is 2. The zero-order valence-electron chi connectivity index (χ0n) is 16.1. The number of fused-ring (bicyclic) bond motifs is 1. The Bertz CT molecular complexity index is 1310. The summed E-state index contributed by atoms with van der Waals surface area (Å²) < 4.78 is 2.83. The zero-order valence-corrected chi connectivity index (χ0v) is 18.3. The minimum absolute atomic E-state index is 0.178. The Morgan fingerprint density at radius 1 is 1.00 bits per heavy atom. The highest BCUT2D eigenvalue weighted by molar-refractivity contribution is 14.1. The topological polar surface area (TPSA) is 52.0 Å². The van der Waals surface area contributed by atoms with Crippen molar-refractivity contribution in [2.45, 2.75) is 20.4 Å². The number of hydrogen-bond donors (Lipinski definition) is 0. The second-order valence-electron chi connectivity index (χ2n) is 7.10. The molecule has 2 heterocycles. The highest BCUT2D eigenvalue weighted by atomic mass is 127. The van der Waals surface area contributed by atoms with Crippen LogP contribution in [0.4, 0.5) is 0 Å². The fourth-order valence-corrected chi connectivity index (χ4v) is 3.91. The Hall–Kier alpha value is -2.80. The molecule has 2 aromatic heterocycles. The standard InChI is InChI=1S/C24H19IN2O2/c1-15-10-11-17(12-16(15)2)23(28)20-14-27(13-18-6-5-9-22(25)26-18)21-8-4-3-7-19(21)24(20)29/h3-12,14H,13H2,1-2H3. The molecule has 0 spiro atoms. The maximum absolute atomic E-state index is 13.2. The van der Waals surface area contributed by atoms with Crippen molar-refractivity contribution in [1.29, 1.82) is 0 Å². The number of carbonyl (C=O) groups excluding carboxylic acids is 1. The number of aryl methyl sites for hydroxylation is 2. The Morgan fingerprint density at radius 2 is 1.79 bits per heavy atom. The Labute approximate surface area is 182 Å². The summed E-state index contributed by atoms with van der Waals surface area (Å²) in [6.45, 7) is 4.44. The van der Waals surface area contributed by atoms with Crippen molar-refractivity contribution in [1.82, 2.24) is 9.55 Å². The van der Waals surface area contributed by atoms with Crippen LogP contribution >= 0.6 is 22.6 Å². The summed E-state index contributed by atoms with van der Waals surface area (Å²) in [5.41, 5.74) is 4.26. The van der Waals surface area contributed by atoms with Crippen LogP contribution in [-0.2, 0) is 6.54 Å². The Balaban J connectivity index is 1.88. The lowest BCUT2D eigenvalue weighted by Crippen LogP contribution is -2.20. The number of pyridine rings is 2. The van der Waals surface area contributed by atoms with E-state index in [1.54, 1.807) is 18.3 Å². The van der Waals surface area contributed by atoms with E-state index in [0.29, 0.717) is 17.5 Å². The molecule has 0 saturated heterocycles. The van der Waals surface area contributed by atoms with Gasteiger partial charge in [-0.15, -0.1) is 0 Å². The number of halogens is 1. The normalized spacial score (nSPS) is 11.0. The lowest BCUT2D eigenvalue weighted by Gasteiger charge is -2.13. The van der Waals surface area contributed by atoms with Gasteiger partial charge in [0, 0.05) is 17.1 Å². The van der Waals surface area contributed by atoms with Crippen LogP contribution in [0, 0.1) is 17.5 Å².